The Bertz CT molecular complexity index is 495. The van der Waals surface area contributed by atoms with Gasteiger partial charge in [-0.25, -0.2) is 0 Å². The van der Waals surface area contributed by atoms with Crippen molar-refractivity contribution in [2.75, 3.05) is 13.7 Å². The number of nitrogens with zero attached hydrogens (tertiary/aromatic N) is 3. The summed E-state index contributed by atoms with van der Waals surface area (Å²) in [5.41, 5.74) is 0.102. The van der Waals surface area contributed by atoms with Crippen molar-refractivity contribution in [3.8, 4) is 0 Å². The third kappa shape index (κ3) is 1.44. The summed E-state index contributed by atoms with van der Waals surface area (Å²) < 4.78 is 0. The molecule has 14 heavy (non-hydrogen) atoms. The second kappa shape index (κ2) is 3.10. The second-order valence-electron chi connectivity index (χ2n) is 3.19. The summed E-state index contributed by atoms with van der Waals surface area (Å²) in [6.45, 7) is 0.602. The molecule has 1 heterocycles. The van der Waals surface area contributed by atoms with Crippen LogP contribution in [0.2, 0.25) is 0 Å². The van der Waals surface area contributed by atoms with Crippen LogP contribution in [0.15, 0.2) is 23.2 Å². The maximum absolute atomic E-state index is 10.5. The minimum atomic E-state index is -0.400. The van der Waals surface area contributed by atoms with E-state index in [1.807, 2.05) is 18.1 Å². The van der Waals surface area contributed by atoms with Gasteiger partial charge in [-0.1, -0.05) is 0 Å². The molecule has 0 aliphatic carbocycles. The third-order valence-electron chi connectivity index (χ3n) is 2.05. The smallest absolute Gasteiger partial charge is 0.270 e. The van der Waals surface area contributed by atoms with Gasteiger partial charge in [-0.05, 0) is 6.07 Å². The Kier molecular flexibility index (Phi) is 1.92. The van der Waals surface area contributed by atoms with Crippen LogP contribution in [-0.2, 0) is 0 Å². The highest BCUT2D eigenvalue weighted by Gasteiger charge is 2.06. The normalized spacial score (nSPS) is 13.9. The van der Waals surface area contributed by atoms with Gasteiger partial charge in [-0.2, -0.15) is 0 Å². The lowest BCUT2D eigenvalue weighted by Gasteiger charge is -2.13. The van der Waals surface area contributed by atoms with E-state index < -0.39 is 4.92 Å². The van der Waals surface area contributed by atoms with E-state index in [0.717, 1.165) is 10.6 Å². The first kappa shape index (κ1) is 8.68. The molecule has 1 aliphatic heterocycles. The van der Waals surface area contributed by atoms with Crippen LogP contribution in [0.5, 0.6) is 0 Å². The predicted molar refractivity (Wildman–Crippen MR) is 51.0 cm³/mol. The molecule has 5 nitrogen and oxygen atoms in total. The molecule has 1 aromatic rings. The lowest BCUT2D eigenvalue weighted by atomic mass is 10.2. The molecule has 0 saturated carbocycles. The average molecular weight is 191 g/mol. The van der Waals surface area contributed by atoms with Gasteiger partial charge in [0, 0.05) is 30.6 Å². The Morgan fingerprint density at radius 3 is 3.07 bits per heavy atom. The zero-order valence-corrected chi connectivity index (χ0v) is 7.67. The minimum Gasteiger partial charge on any atom is -0.361 e. The molecular weight excluding hydrogens is 182 g/mol. The molecule has 0 atom stereocenters. The number of benzene rings is 1. The van der Waals surface area contributed by atoms with Crippen molar-refractivity contribution >= 4 is 11.9 Å². The van der Waals surface area contributed by atoms with Crippen LogP contribution in [0.25, 0.3) is 6.20 Å². The summed E-state index contributed by atoms with van der Waals surface area (Å²) in [7, 11) is 1.88. The maximum Gasteiger partial charge on any atom is 0.270 e. The topological polar surface area (TPSA) is 58.7 Å². The van der Waals surface area contributed by atoms with E-state index in [-0.39, 0.29) is 5.69 Å². The number of nitro groups is 1. The number of fused-ring (bicyclic) bond motifs is 1. The van der Waals surface area contributed by atoms with Crippen molar-refractivity contribution in [3.63, 3.8) is 0 Å². The molecule has 0 spiro atoms. The van der Waals surface area contributed by atoms with Crippen LogP contribution >= 0.6 is 0 Å². The summed E-state index contributed by atoms with van der Waals surface area (Å²) in [6, 6.07) is 4.69. The fourth-order valence-corrected chi connectivity index (χ4v) is 1.37. The van der Waals surface area contributed by atoms with Gasteiger partial charge in [0.1, 0.15) is 6.67 Å². The molecule has 0 amide bonds. The molecule has 0 unspecified atom stereocenters. The van der Waals surface area contributed by atoms with Crippen molar-refractivity contribution in [2.24, 2.45) is 4.99 Å². The van der Waals surface area contributed by atoms with E-state index in [1.165, 1.54) is 12.1 Å². The van der Waals surface area contributed by atoms with E-state index in [4.69, 9.17) is 0 Å². The molecule has 0 radical (unpaired) electrons. The number of hydrogen-bond acceptors (Lipinski definition) is 4. The van der Waals surface area contributed by atoms with Crippen LogP contribution in [0.4, 0.5) is 5.69 Å². The van der Waals surface area contributed by atoms with E-state index in [1.54, 1.807) is 6.07 Å². The minimum absolute atomic E-state index is 0.102. The van der Waals surface area contributed by atoms with Gasteiger partial charge in [0.15, 0.2) is 0 Å². The zero-order chi connectivity index (χ0) is 10.1. The zero-order valence-electron chi connectivity index (χ0n) is 7.67. The molecule has 0 saturated heterocycles. The highest BCUT2D eigenvalue weighted by atomic mass is 16.6. The van der Waals surface area contributed by atoms with Gasteiger partial charge in [0.05, 0.1) is 10.3 Å². The Morgan fingerprint density at radius 2 is 2.36 bits per heavy atom. The van der Waals surface area contributed by atoms with Gasteiger partial charge < -0.3 is 4.90 Å². The maximum atomic E-state index is 10.5. The van der Waals surface area contributed by atoms with Crippen LogP contribution in [0.3, 0.4) is 0 Å². The fourth-order valence-electron chi connectivity index (χ4n) is 1.37. The Hall–Kier alpha value is -1.91. The molecule has 0 N–H and O–H groups in total. The second-order valence-corrected chi connectivity index (χ2v) is 3.19. The lowest BCUT2D eigenvalue weighted by Crippen LogP contribution is -2.34. The molecule has 72 valence electrons. The molecule has 5 heteroatoms. The van der Waals surface area contributed by atoms with Crippen LogP contribution in [0.1, 0.15) is 0 Å². The summed E-state index contributed by atoms with van der Waals surface area (Å²) >= 11 is 0. The van der Waals surface area contributed by atoms with Crippen molar-refractivity contribution in [1.29, 1.82) is 0 Å². The van der Waals surface area contributed by atoms with Gasteiger partial charge in [0.2, 0.25) is 0 Å². The van der Waals surface area contributed by atoms with E-state index in [0.29, 0.717) is 6.67 Å². The predicted octanol–water partition coefficient (Wildman–Crippen LogP) is -0.145. The highest BCUT2D eigenvalue weighted by Crippen LogP contribution is 2.03. The van der Waals surface area contributed by atoms with Crippen molar-refractivity contribution in [1.82, 2.24) is 4.90 Å². The quantitative estimate of drug-likeness (QED) is 0.458. The molecule has 1 aliphatic rings. The Morgan fingerprint density at radius 1 is 1.57 bits per heavy atom. The average Bonchev–Trinajstić information content (AvgIpc) is 2.16. The standard InChI is InChI=1S/C9H9N3O2/c1-11-5-7-4-8(12(13)14)2-3-9(7)10-6-11/h2-5H,6H2,1H3. The highest BCUT2D eigenvalue weighted by molar-refractivity contribution is 5.34. The fraction of sp³-hybridized carbons (Fsp3) is 0.222. The van der Waals surface area contributed by atoms with Crippen molar-refractivity contribution in [2.45, 2.75) is 0 Å². The summed E-state index contributed by atoms with van der Waals surface area (Å²) in [6.07, 6.45) is 1.86. The van der Waals surface area contributed by atoms with Gasteiger partial charge >= 0.3 is 0 Å². The molecule has 0 bridgehead atoms. The summed E-state index contributed by atoms with van der Waals surface area (Å²) in [4.78, 5) is 16.2. The molecule has 0 aromatic heterocycles. The Labute approximate surface area is 80.1 Å². The Balaban J connectivity index is 2.65. The van der Waals surface area contributed by atoms with Crippen LogP contribution in [-0.4, -0.2) is 23.5 Å². The van der Waals surface area contributed by atoms with Crippen molar-refractivity contribution < 1.29 is 4.92 Å². The molecule has 0 fully saturated rings. The molecular formula is C9H9N3O2. The van der Waals surface area contributed by atoms with Crippen molar-refractivity contribution in [3.05, 3.63) is 38.9 Å². The van der Waals surface area contributed by atoms with Gasteiger partial charge in [-0.3, -0.25) is 15.1 Å². The first-order valence-corrected chi connectivity index (χ1v) is 4.18. The van der Waals surface area contributed by atoms with Gasteiger partial charge in [-0.15, -0.1) is 0 Å². The lowest BCUT2D eigenvalue weighted by molar-refractivity contribution is -0.385. The van der Waals surface area contributed by atoms with E-state index >= 15 is 0 Å². The number of hydrogen-bond donors (Lipinski definition) is 0. The van der Waals surface area contributed by atoms with E-state index in [9.17, 15) is 10.1 Å². The monoisotopic (exact) mass is 191 g/mol. The number of non-ortho nitro benzene ring substituents is 1. The SMILES string of the molecule is CN1C=c2cc([N+](=O)[O-])ccc2=NC1. The summed E-state index contributed by atoms with van der Waals surface area (Å²) in [5.74, 6) is 0. The van der Waals surface area contributed by atoms with E-state index in [2.05, 4.69) is 4.99 Å². The first-order chi connectivity index (χ1) is 6.66. The van der Waals surface area contributed by atoms with Crippen LogP contribution < -0.4 is 10.6 Å². The largest absolute Gasteiger partial charge is 0.361 e. The summed E-state index contributed by atoms with van der Waals surface area (Å²) in [5, 5.41) is 12.1. The van der Waals surface area contributed by atoms with Crippen LogP contribution in [0, 0.1) is 10.1 Å². The number of nitro benzene ring substituents is 1. The molecule has 1 aromatic carbocycles. The third-order valence-corrected chi connectivity index (χ3v) is 2.05. The number of rotatable bonds is 1. The van der Waals surface area contributed by atoms with Gasteiger partial charge in [0.25, 0.3) is 5.69 Å². The first-order valence-electron chi connectivity index (χ1n) is 4.18. The molecule has 2 rings (SSSR count).